The highest BCUT2D eigenvalue weighted by Crippen LogP contribution is 2.18. The average Bonchev–Trinajstić information content (AvgIpc) is 2.96. The van der Waals surface area contributed by atoms with Crippen LogP contribution >= 0.6 is 0 Å². The average molecular weight is 258 g/mol. The Morgan fingerprint density at radius 1 is 1.11 bits per heavy atom. The summed E-state index contributed by atoms with van der Waals surface area (Å²) in [6.45, 7) is 8.00. The zero-order chi connectivity index (χ0) is 13.5. The molecule has 1 aromatic heterocycles. The lowest BCUT2D eigenvalue weighted by Crippen LogP contribution is -2.21. The molecule has 0 amide bonds. The molecule has 0 aliphatic heterocycles. The van der Waals surface area contributed by atoms with E-state index in [9.17, 15) is 0 Å². The number of furan rings is 1. The maximum atomic E-state index is 5.41. The minimum atomic E-state index is 0.816. The summed E-state index contributed by atoms with van der Waals surface area (Å²) >= 11 is 0. The van der Waals surface area contributed by atoms with Gasteiger partial charge in [0.15, 0.2) is 0 Å². The lowest BCUT2D eigenvalue weighted by Gasteiger charge is -2.22. The number of anilines is 1. The first-order chi connectivity index (χ1) is 9.33. The summed E-state index contributed by atoms with van der Waals surface area (Å²) in [5.74, 6) is 0.999. The van der Waals surface area contributed by atoms with Crippen molar-refractivity contribution in [1.29, 1.82) is 0 Å². The van der Waals surface area contributed by atoms with E-state index in [0.717, 1.165) is 31.9 Å². The minimum Gasteiger partial charge on any atom is -0.467 e. The Morgan fingerprint density at radius 3 is 2.47 bits per heavy atom. The van der Waals surface area contributed by atoms with Gasteiger partial charge < -0.3 is 14.6 Å². The Hall–Kier alpha value is -1.74. The largest absolute Gasteiger partial charge is 0.467 e. The van der Waals surface area contributed by atoms with Crippen molar-refractivity contribution in [2.24, 2.45) is 0 Å². The summed E-state index contributed by atoms with van der Waals surface area (Å²) in [5, 5.41) is 3.33. The van der Waals surface area contributed by atoms with Gasteiger partial charge in [0.25, 0.3) is 0 Å². The van der Waals surface area contributed by atoms with Gasteiger partial charge in [-0.3, -0.25) is 0 Å². The molecule has 0 fully saturated rings. The molecule has 0 aliphatic rings. The summed E-state index contributed by atoms with van der Waals surface area (Å²) in [4.78, 5) is 2.30. The number of hydrogen-bond acceptors (Lipinski definition) is 3. The lowest BCUT2D eigenvalue weighted by atomic mass is 10.2. The van der Waals surface area contributed by atoms with E-state index in [0.29, 0.717) is 0 Å². The van der Waals surface area contributed by atoms with Crippen LogP contribution in [0.4, 0.5) is 5.69 Å². The van der Waals surface area contributed by atoms with E-state index < -0.39 is 0 Å². The summed E-state index contributed by atoms with van der Waals surface area (Å²) in [7, 11) is 0. The number of nitrogens with one attached hydrogen (secondary N) is 1. The van der Waals surface area contributed by atoms with Crippen molar-refractivity contribution in [3.63, 3.8) is 0 Å². The molecule has 1 N–H and O–H groups in total. The predicted molar refractivity (Wildman–Crippen MR) is 79.3 cm³/mol. The zero-order valence-corrected chi connectivity index (χ0v) is 11.7. The van der Waals surface area contributed by atoms with Crippen LogP contribution in [-0.4, -0.2) is 13.1 Å². The van der Waals surface area contributed by atoms with Gasteiger partial charge in [0, 0.05) is 18.8 Å². The van der Waals surface area contributed by atoms with E-state index in [2.05, 4.69) is 48.3 Å². The van der Waals surface area contributed by atoms with Gasteiger partial charge in [-0.1, -0.05) is 19.1 Å². The third kappa shape index (κ3) is 3.86. The van der Waals surface area contributed by atoms with Crippen molar-refractivity contribution >= 4 is 5.69 Å². The topological polar surface area (TPSA) is 28.4 Å². The Morgan fingerprint density at radius 2 is 1.89 bits per heavy atom. The molecule has 19 heavy (non-hydrogen) atoms. The molecule has 2 rings (SSSR count). The van der Waals surface area contributed by atoms with Crippen molar-refractivity contribution in [2.75, 3.05) is 18.0 Å². The van der Waals surface area contributed by atoms with E-state index in [1.54, 1.807) is 6.26 Å². The quantitative estimate of drug-likeness (QED) is 0.825. The van der Waals surface area contributed by atoms with Gasteiger partial charge in [0.2, 0.25) is 0 Å². The van der Waals surface area contributed by atoms with E-state index in [1.165, 1.54) is 11.3 Å². The molecule has 0 unspecified atom stereocenters. The summed E-state index contributed by atoms with van der Waals surface area (Å²) in [6.07, 6.45) is 1.72. The van der Waals surface area contributed by atoms with E-state index in [-0.39, 0.29) is 0 Å². The summed E-state index contributed by atoms with van der Waals surface area (Å²) < 4.78 is 5.41. The van der Waals surface area contributed by atoms with Crippen LogP contribution < -0.4 is 10.2 Å². The van der Waals surface area contributed by atoms with E-state index >= 15 is 0 Å². The smallest absolute Gasteiger partial charge is 0.123 e. The standard InChI is InChI=1S/C16H22N2O/c1-3-17-12-14-7-9-15(10-8-14)18(4-2)13-16-6-5-11-19-16/h5-11,17H,3-4,12-13H2,1-2H3. The van der Waals surface area contributed by atoms with Crippen LogP contribution in [0, 0.1) is 0 Å². The number of hydrogen-bond donors (Lipinski definition) is 1. The summed E-state index contributed by atoms with van der Waals surface area (Å²) in [5.41, 5.74) is 2.55. The van der Waals surface area contributed by atoms with Crippen LogP contribution in [0.2, 0.25) is 0 Å². The van der Waals surface area contributed by atoms with Gasteiger partial charge >= 0.3 is 0 Å². The molecule has 1 aromatic carbocycles. The van der Waals surface area contributed by atoms with Crippen LogP contribution in [0.3, 0.4) is 0 Å². The van der Waals surface area contributed by atoms with Gasteiger partial charge in [-0.15, -0.1) is 0 Å². The Balaban J connectivity index is 2.02. The molecule has 1 heterocycles. The van der Waals surface area contributed by atoms with Crippen LogP contribution in [0.15, 0.2) is 47.1 Å². The van der Waals surface area contributed by atoms with Gasteiger partial charge in [-0.05, 0) is 43.3 Å². The monoisotopic (exact) mass is 258 g/mol. The second kappa shape index (κ2) is 7.00. The van der Waals surface area contributed by atoms with Crippen LogP contribution in [0.5, 0.6) is 0 Å². The Labute approximate surface area is 115 Å². The van der Waals surface area contributed by atoms with Crippen molar-refractivity contribution < 1.29 is 4.42 Å². The fourth-order valence-electron chi connectivity index (χ4n) is 2.07. The van der Waals surface area contributed by atoms with Crippen LogP contribution in [0.1, 0.15) is 25.2 Å². The zero-order valence-electron chi connectivity index (χ0n) is 11.7. The third-order valence-corrected chi connectivity index (χ3v) is 3.19. The SMILES string of the molecule is CCNCc1ccc(N(CC)Cc2ccco2)cc1. The van der Waals surface area contributed by atoms with Crippen LogP contribution in [-0.2, 0) is 13.1 Å². The highest BCUT2D eigenvalue weighted by Gasteiger charge is 2.06. The Bertz CT molecular complexity index is 462. The normalized spacial score (nSPS) is 10.6. The van der Waals surface area contributed by atoms with Gasteiger partial charge in [-0.2, -0.15) is 0 Å². The van der Waals surface area contributed by atoms with E-state index in [4.69, 9.17) is 4.42 Å². The molecule has 0 aliphatic carbocycles. The number of rotatable bonds is 7. The summed E-state index contributed by atoms with van der Waals surface area (Å²) in [6, 6.07) is 12.7. The number of benzene rings is 1. The minimum absolute atomic E-state index is 0.816. The van der Waals surface area contributed by atoms with Crippen molar-refractivity contribution in [1.82, 2.24) is 5.32 Å². The molecule has 2 aromatic rings. The molecule has 3 heteroatoms. The number of nitrogens with zero attached hydrogens (tertiary/aromatic N) is 1. The van der Waals surface area contributed by atoms with Crippen molar-refractivity contribution in [2.45, 2.75) is 26.9 Å². The van der Waals surface area contributed by atoms with Gasteiger partial charge in [-0.25, -0.2) is 0 Å². The first-order valence-electron chi connectivity index (χ1n) is 6.90. The molecule has 0 saturated heterocycles. The maximum Gasteiger partial charge on any atom is 0.123 e. The van der Waals surface area contributed by atoms with Crippen LogP contribution in [0.25, 0.3) is 0 Å². The first kappa shape index (κ1) is 13.7. The molecular formula is C16H22N2O. The van der Waals surface area contributed by atoms with Gasteiger partial charge in [0.05, 0.1) is 12.8 Å². The third-order valence-electron chi connectivity index (χ3n) is 3.19. The molecular weight excluding hydrogens is 236 g/mol. The second-order valence-corrected chi connectivity index (χ2v) is 4.54. The lowest BCUT2D eigenvalue weighted by molar-refractivity contribution is 0.503. The molecule has 3 nitrogen and oxygen atoms in total. The molecule has 0 saturated carbocycles. The fraction of sp³-hybridized carbons (Fsp3) is 0.375. The fourth-order valence-corrected chi connectivity index (χ4v) is 2.07. The highest BCUT2D eigenvalue weighted by atomic mass is 16.3. The van der Waals surface area contributed by atoms with E-state index in [1.807, 2.05) is 12.1 Å². The van der Waals surface area contributed by atoms with Crippen molar-refractivity contribution in [3.8, 4) is 0 Å². The Kier molecular flexibility index (Phi) is 5.04. The molecule has 0 atom stereocenters. The van der Waals surface area contributed by atoms with Gasteiger partial charge in [0.1, 0.15) is 5.76 Å². The maximum absolute atomic E-state index is 5.41. The molecule has 0 radical (unpaired) electrons. The predicted octanol–water partition coefficient (Wildman–Crippen LogP) is 3.42. The first-order valence-corrected chi connectivity index (χ1v) is 6.90. The second-order valence-electron chi connectivity index (χ2n) is 4.54. The van der Waals surface area contributed by atoms with Crippen molar-refractivity contribution in [3.05, 3.63) is 54.0 Å². The molecule has 102 valence electrons. The highest BCUT2D eigenvalue weighted by molar-refractivity contribution is 5.47. The molecule has 0 bridgehead atoms. The molecule has 0 spiro atoms.